The molecular weight excluding hydrogens is 224 g/mol. The lowest BCUT2D eigenvalue weighted by atomic mass is 9.83. The molecule has 0 spiro atoms. The third-order valence-corrected chi connectivity index (χ3v) is 6.08. The minimum Gasteiger partial charge on any atom is -0.151 e. The average molecular weight is 246 g/mol. The van der Waals surface area contributed by atoms with Gasteiger partial charge in [-0.25, -0.2) is 0 Å². The van der Waals surface area contributed by atoms with E-state index in [1.807, 2.05) is 0 Å². The summed E-state index contributed by atoms with van der Waals surface area (Å²) in [6.45, 7) is 2.39. The summed E-state index contributed by atoms with van der Waals surface area (Å²) in [6.07, 6.45) is 8.47. The third kappa shape index (κ3) is 2.27. The van der Waals surface area contributed by atoms with Gasteiger partial charge in [0.25, 0.3) is 0 Å². The molecule has 1 heterocycles. The summed E-state index contributed by atoms with van der Waals surface area (Å²) in [5, 5.41) is 0. The first kappa shape index (κ1) is 11.6. The SMILES string of the molecule is CC1(c2ccc(C3CCCCC3)cc2)CCS1. The lowest BCUT2D eigenvalue weighted by Crippen LogP contribution is -2.27. The van der Waals surface area contributed by atoms with Crippen molar-refractivity contribution in [1.82, 2.24) is 0 Å². The molecule has 92 valence electrons. The second-order valence-corrected chi connectivity index (χ2v) is 7.38. The molecule has 2 aliphatic rings. The van der Waals surface area contributed by atoms with Crippen LogP contribution >= 0.6 is 11.8 Å². The normalized spacial score (nSPS) is 29.9. The molecule has 1 atom stereocenters. The first-order chi connectivity index (χ1) is 8.28. The van der Waals surface area contributed by atoms with Crippen LogP contribution in [0.4, 0.5) is 0 Å². The van der Waals surface area contributed by atoms with Gasteiger partial charge in [-0.1, -0.05) is 43.5 Å². The van der Waals surface area contributed by atoms with E-state index in [0.717, 1.165) is 5.92 Å². The molecule has 1 unspecified atom stereocenters. The van der Waals surface area contributed by atoms with Crippen molar-refractivity contribution in [3.63, 3.8) is 0 Å². The van der Waals surface area contributed by atoms with Crippen LogP contribution < -0.4 is 0 Å². The molecule has 0 N–H and O–H groups in total. The van der Waals surface area contributed by atoms with E-state index in [1.165, 1.54) is 49.8 Å². The number of thioether (sulfide) groups is 1. The predicted molar refractivity (Wildman–Crippen MR) is 76.7 cm³/mol. The van der Waals surface area contributed by atoms with Crippen molar-refractivity contribution in [2.24, 2.45) is 0 Å². The fourth-order valence-electron chi connectivity index (χ4n) is 3.18. The van der Waals surface area contributed by atoms with E-state index in [0.29, 0.717) is 4.75 Å². The maximum Gasteiger partial charge on any atom is 0.0388 e. The predicted octanol–water partition coefficient (Wildman–Crippen LogP) is 5.09. The van der Waals surface area contributed by atoms with Crippen molar-refractivity contribution in [2.45, 2.75) is 56.1 Å². The average Bonchev–Trinajstić information content (AvgIpc) is 2.37. The molecule has 1 aliphatic heterocycles. The van der Waals surface area contributed by atoms with Gasteiger partial charge in [0.15, 0.2) is 0 Å². The van der Waals surface area contributed by atoms with Crippen molar-refractivity contribution in [2.75, 3.05) is 5.75 Å². The lowest BCUT2D eigenvalue weighted by Gasteiger charge is -2.38. The molecule has 0 bridgehead atoms. The van der Waals surface area contributed by atoms with E-state index in [-0.39, 0.29) is 0 Å². The molecule has 1 aromatic carbocycles. The Hall–Kier alpha value is -0.430. The smallest absolute Gasteiger partial charge is 0.0388 e. The van der Waals surface area contributed by atoms with Crippen LogP contribution in [0.25, 0.3) is 0 Å². The number of hydrogen-bond acceptors (Lipinski definition) is 1. The number of benzene rings is 1. The summed E-state index contributed by atoms with van der Waals surface area (Å²) in [4.78, 5) is 0. The molecule has 0 aromatic heterocycles. The Labute approximate surface area is 109 Å². The third-order valence-electron chi connectivity index (χ3n) is 4.60. The number of rotatable bonds is 2. The molecule has 1 aliphatic carbocycles. The van der Waals surface area contributed by atoms with Gasteiger partial charge in [0, 0.05) is 4.75 Å². The summed E-state index contributed by atoms with van der Waals surface area (Å²) < 4.78 is 0.422. The topological polar surface area (TPSA) is 0 Å². The lowest BCUT2D eigenvalue weighted by molar-refractivity contribution is 0.443. The molecule has 1 aromatic rings. The van der Waals surface area contributed by atoms with Gasteiger partial charge in [-0.05, 0) is 49.0 Å². The van der Waals surface area contributed by atoms with Gasteiger partial charge in [-0.3, -0.25) is 0 Å². The summed E-state index contributed by atoms with van der Waals surface area (Å²) in [6, 6.07) is 9.57. The molecule has 2 fully saturated rings. The van der Waals surface area contributed by atoms with E-state index in [4.69, 9.17) is 0 Å². The van der Waals surface area contributed by atoms with Gasteiger partial charge in [-0.15, -0.1) is 0 Å². The molecule has 0 nitrogen and oxygen atoms in total. The van der Waals surface area contributed by atoms with E-state index in [2.05, 4.69) is 43.0 Å². The van der Waals surface area contributed by atoms with Crippen molar-refractivity contribution in [1.29, 1.82) is 0 Å². The first-order valence-electron chi connectivity index (χ1n) is 7.02. The molecule has 17 heavy (non-hydrogen) atoms. The Balaban J connectivity index is 1.75. The zero-order valence-corrected chi connectivity index (χ0v) is 11.6. The van der Waals surface area contributed by atoms with Crippen molar-refractivity contribution in [3.8, 4) is 0 Å². The molecule has 1 heteroatoms. The van der Waals surface area contributed by atoms with E-state index in [1.54, 1.807) is 5.56 Å². The molecular formula is C16H22S. The highest BCUT2D eigenvalue weighted by molar-refractivity contribution is 8.01. The van der Waals surface area contributed by atoms with Crippen LogP contribution in [-0.4, -0.2) is 5.75 Å². The Morgan fingerprint density at radius 2 is 1.71 bits per heavy atom. The highest BCUT2D eigenvalue weighted by Gasteiger charge is 2.34. The maximum absolute atomic E-state index is 2.40. The van der Waals surface area contributed by atoms with Crippen molar-refractivity contribution >= 4 is 11.8 Å². The largest absolute Gasteiger partial charge is 0.151 e. The van der Waals surface area contributed by atoms with Gasteiger partial charge in [0.2, 0.25) is 0 Å². The fraction of sp³-hybridized carbons (Fsp3) is 0.625. The monoisotopic (exact) mass is 246 g/mol. The van der Waals surface area contributed by atoms with E-state index >= 15 is 0 Å². The zero-order chi connectivity index (χ0) is 11.7. The molecule has 0 amide bonds. The molecule has 3 rings (SSSR count). The van der Waals surface area contributed by atoms with Gasteiger partial charge in [0.05, 0.1) is 0 Å². The zero-order valence-electron chi connectivity index (χ0n) is 10.7. The molecule has 1 saturated carbocycles. The molecule has 0 radical (unpaired) electrons. The fourth-order valence-corrected chi connectivity index (χ4v) is 4.30. The quantitative estimate of drug-likeness (QED) is 0.700. The van der Waals surface area contributed by atoms with Crippen LogP contribution in [0.2, 0.25) is 0 Å². The van der Waals surface area contributed by atoms with Gasteiger partial charge >= 0.3 is 0 Å². The Bertz CT molecular complexity index is 369. The standard InChI is InChI=1S/C16H22S/c1-16(11-12-17-16)15-9-7-14(8-10-15)13-5-3-2-4-6-13/h7-10,13H,2-6,11-12H2,1H3. The Morgan fingerprint density at radius 1 is 1.06 bits per heavy atom. The van der Waals surface area contributed by atoms with Gasteiger partial charge in [-0.2, -0.15) is 11.8 Å². The van der Waals surface area contributed by atoms with Crippen LogP contribution in [0.3, 0.4) is 0 Å². The second kappa shape index (κ2) is 4.68. The van der Waals surface area contributed by atoms with Crippen molar-refractivity contribution < 1.29 is 0 Å². The van der Waals surface area contributed by atoms with Crippen LogP contribution in [0.1, 0.15) is 62.5 Å². The summed E-state index contributed by atoms with van der Waals surface area (Å²) in [7, 11) is 0. The Kier molecular flexibility index (Phi) is 3.21. The van der Waals surface area contributed by atoms with Crippen LogP contribution in [-0.2, 0) is 4.75 Å². The minimum absolute atomic E-state index is 0.422. The molecule has 1 saturated heterocycles. The minimum atomic E-state index is 0.422. The van der Waals surface area contributed by atoms with Crippen molar-refractivity contribution in [3.05, 3.63) is 35.4 Å². The van der Waals surface area contributed by atoms with E-state index < -0.39 is 0 Å². The highest BCUT2D eigenvalue weighted by atomic mass is 32.2. The summed E-state index contributed by atoms with van der Waals surface area (Å²) in [5.41, 5.74) is 3.12. The first-order valence-corrected chi connectivity index (χ1v) is 8.01. The Morgan fingerprint density at radius 3 is 2.24 bits per heavy atom. The van der Waals surface area contributed by atoms with Crippen LogP contribution in [0.5, 0.6) is 0 Å². The maximum atomic E-state index is 2.40. The summed E-state index contributed by atoms with van der Waals surface area (Å²) >= 11 is 2.10. The van der Waals surface area contributed by atoms with E-state index in [9.17, 15) is 0 Å². The van der Waals surface area contributed by atoms with Gasteiger partial charge < -0.3 is 0 Å². The second-order valence-electron chi connectivity index (χ2n) is 5.79. The van der Waals surface area contributed by atoms with Gasteiger partial charge in [0.1, 0.15) is 0 Å². The summed E-state index contributed by atoms with van der Waals surface area (Å²) in [5.74, 6) is 2.18. The highest BCUT2D eigenvalue weighted by Crippen LogP contribution is 2.49. The van der Waals surface area contributed by atoms with Crippen LogP contribution in [0, 0.1) is 0 Å². The number of hydrogen-bond donors (Lipinski definition) is 0. The van der Waals surface area contributed by atoms with Crippen LogP contribution in [0.15, 0.2) is 24.3 Å².